The van der Waals surface area contributed by atoms with Crippen molar-refractivity contribution in [1.29, 1.82) is 10.5 Å². The average molecular weight is 369 g/mol. The summed E-state index contributed by atoms with van der Waals surface area (Å²) < 4.78 is 4.59. The molecule has 9 nitrogen and oxygen atoms in total. The lowest BCUT2D eigenvalue weighted by molar-refractivity contribution is 0.0600. The minimum atomic E-state index is -0.486. The number of carbonyl (C=O) groups is 2. The van der Waals surface area contributed by atoms with Crippen LogP contribution in [0.2, 0.25) is 0 Å². The van der Waals surface area contributed by atoms with E-state index in [1.54, 1.807) is 17.5 Å². The van der Waals surface area contributed by atoms with Crippen LogP contribution in [0.4, 0.5) is 5.13 Å². The number of hydrogen-bond donors (Lipinski definition) is 1. The summed E-state index contributed by atoms with van der Waals surface area (Å²) in [5.41, 5.74) is 0.768. The van der Waals surface area contributed by atoms with E-state index in [-0.39, 0.29) is 6.61 Å². The Kier molecular flexibility index (Phi) is 6.37. The molecule has 1 aromatic carbocycles. The molecular formula is C16H11N5O4S. The minimum Gasteiger partial charge on any atom is -0.465 e. The van der Waals surface area contributed by atoms with Crippen molar-refractivity contribution in [3.8, 4) is 12.1 Å². The number of thiazole rings is 1. The number of hydrogen-bond acceptors (Lipinski definition) is 9. The standard InChI is InChI=1S/C16H11N5O4S/c1-24-15(23)11-4-2-10(3-5-11)14(22)20-16-19-13(9-26-16)8-25-21-12(6-17)7-18/h2-5,9H,8H2,1H3,(H,19,20,22). The maximum absolute atomic E-state index is 12.2. The van der Waals surface area contributed by atoms with Crippen molar-refractivity contribution in [2.24, 2.45) is 5.16 Å². The summed E-state index contributed by atoms with van der Waals surface area (Å²) in [5.74, 6) is -0.877. The van der Waals surface area contributed by atoms with Crippen molar-refractivity contribution < 1.29 is 19.2 Å². The SMILES string of the molecule is COC(=O)c1ccc(C(=O)Nc2nc(CON=C(C#N)C#N)cs2)cc1. The largest absolute Gasteiger partial charge is 0.465 e. The molecule has 0 saturated heterocycles. The minimum absolute atomic E-state index is 0.0486. The second kappa shape index (κ2) is 8.92. The molecule has 0 fully saturated rings. The lowest BCUT2D eigenvalue weighted by Crippen LogP contribution is -2.12. The molecule has 0 aliphatic heterocycles. The van der Waals surface area contributed by atoms with E-state index in [0.29, 0.717) is 22.0 Å². The Morgan fingerprint density at radius 2 is 1.88 bits per heavy atom. The fourth-order valence-corrected chi connectivity index (χ4v) is 2.39. The third kappa shape index (κ3) is 4.87. The molecule has 1 amide bonds. The lowest BCUT2D eigenvalue weighted by atomic mass is 10.1. The number of aromatic nitrogens is 1. The predicted molar refractivity (Wildman–Crippen MR) is 91.3 cm³/mol. The summed E-state index contributed by atoms with van der Waals surface area (Å²) >= 11 is 1.18. The highest BCUT2D eigenvalue weighted by atomic mass is 32.1. The molecule has 1 aromatic heterocycles. The maximum atomic E-state index is 12.2. The smallest absolute Gasteiger partial charge is 0.337 e. The number of esters is 1. The fourth-order valence-electron chi connectivity index (χ4n) is 1.70. The first kappa shape index (κ1) is 18.6. The molecule has 0 radical (unpaired) electrons. The van der Waals surface area contributed by atoms with Crippen LogP contribution in [0.25, 0.3) is 0 Å². The van der Waals surface area contributed by atoms with Gasteiger partial charge in [-0.05, 0) is 24.3 Å². The van der Waals surface area contributed by atoms with Crippen LogP contribution in [0, 0.1) is 22.7 Å². The van der Waals surface area contributed by atoms with Gasteiger partial charge >= 0.3 is 5.97 Å². The summed E-state index contributed by atoms with van der Waals surface area (Å²) in [6.07, 6.45) is 0. The number of nitrogens with one attached hydrogen (secondary N) is 1. The first-order chi connectivity index (χ1) is 12.6. The number of ether oxygens (including phenoxy) is 1. The van der Waals surface area contributed by atoms with E-state index in [1.165, 1.54) is 42.7 Å². The topological polar surface area (TPSA) is 137 Å². The summed E-state index contributed by atoms with van der Waals surface area (Å²) in [5, 5.41) is 25.0. The Balaban J connectivity index is 1.95. The quantitative estimate of drug-likeness (QED) is 0.467. The molecule has 0 spiro atoms. The van der Waals surface area contributed by atoms with Crippen molar-refractivity contribution in [3.63, 3.8) is 0 Å². The molecule has 130 valence electrons. The summed E-state index contributed by atoms with van der Waals surface area (Å²) in [4.78, 5) is 32.5. The molecule has 1 N–H and O–H groups in total. The zero-order valence-electron chi connectivity index (χ0n) is 13.4. The summed E-state index contributed by atoms with van der Waals surface area (Å²) in [6.45, 7) is -0.0486. The normalized spacial score (nSPS) is 9.35. The van der Waals surface area contributed by atoms with E-state index < -0.39 is 17.6 Å². The molecular weight excluding hydrogens is 358 g/mol. The van der Waals surface area contributed by atoms with Gasteiger partial charge in [0.05, 0.1) is 18.4 Å². The number of nitrogens with zero attached hydrogens (tertiary/aromatic N) is 4. The number of carbonyl (C=O) groups excluding carboxylic acids is 2. The molecule has 2 rings (SSSR count). The van der Waals surface area contributed by atoms with Crippen LogP contribution in [0.15, 0.2) is 34.8 Å². The van der Waals surface area contributed by atoms with E-state index in [0.717, 1.165) is 0 Å². The van der Waals surface area contributed by atoms with E-state index in [9.17, 15) is 9.59 Å². The lowest BCUT2D eigenvalue weighted by Gasteiger charge is -2.03. The van der Waals surface area contributed by atoms with E-state index >= 15 is 0 Å². The van der Waals surface area contributed by atoms with Crippen LogP contribution in [0.3, 0.4) is 0 Å². The van der Waals surface area contributed by atoms with Crippen LogP contribution in [-0.2, 0) is 16.2 Å². The number of benzene rings is 1. The molecule has 0 atom stereocenters. The first-order valence-corrected chi connectivity index (χ1v) is 7.89. The molecule has 0 aliphatic carbocycles. The zero-order chi connectivity index (χ0) is 18.9. The predicted octanol–water partition coefficient (Wildman–Crippen LogP) is 2.10. The number of rotatable bonds is 6. The van der Waals surface area contributed by atoms with Gasteiger partial charge in [-0.15, -0.1) is 11.3 Å². The number of methoxy groups -OCH3 is 1. The van der Waals surface area contributed by atoms with E-state index in [4.69, 9.17) is 15.4 Å². The number of anilines is 1. The molecule has 0 saturated carbocycles. The van der Waals surface area contributed by atoms with Gasteiger partial charge in [-0.3, -0.25) is 10.1 Å². The molecule has 0 bridgehead atoms. The summed E-state index contributed by atoms with van der Waals surface area (Å²) in [6, 6.07) is 9.10. The van der Waals surface area contributed by atoms with Crippen molar-refractivity contribution in [1.82, 2.24) is 4.98 Å². The summed E-state index contributed by atoms with van der Waals surface area (Å²) in [7, 11) is 1.28. The van der Waals surface area contributed by atoms with Crippen LogP contribution >= 0.6 is 11.3 Å². The van der Waals surface area contributed by atoms with Gasteiger partial charge < -0.3 is 9.57 Å². The van der Waals surface area contributed by atoms with Gasteiger partial charge in [0, 0.05) is 10.9 Å². The molecule has 26 heavy (non-hydrogen) atoms. The van der Waals surface area contributed by atoms with Crippen molar-refractivity contribution in [3.05, 3.63) is 46.5 Å². The highest BCUT2D eigenvalue weighted by Crippen LogP contribution is 2.17. The Bertz CT molecular complexity index is 905. The zero-order valence-corrected chi connectivity index (χ0v) is 14.2. The van der Waals surface area contributed by atoms with E-state index in [1.807, 2.05) is 0 Å². The first-order valence-electron chi connectivity index (χ1n) is 7.01. The Labute approximate surface area is 152 Å². The van der Waals surface area contributed by atoms with Crippen LogP contribution in [0.5, 0.6) is 0 Å². The highest BCUT2D eigenvalue weighted by Gasteiger charge is 2.11. The monoisotopic (exact) mass is 369 g/mol. The number of oxime groups is 1. The molecule has 1 heterocycles. The Hall–Kier alpha value is -3.76. The maximum Gasteiger partial charge on any atom is 0.337 e. The average Bonchev–Trinajstić information content (AvgIpc) is 3.11. The molecule has 0 unspecified atom stereocenters. The molecule has 0 aliphatic rings. The van der Waals surface area contributed by atoms with Gasteiger partial charge in [-0.2, -0.15) is 10.5 Å². The van der Waals surface area contributed by atoms with Gasteiger partial charge in [-0.1, -0.05) is 5.16 Å². The van der Waals surface area contributed by atoms with Gasteiger partial charge in [0.2, 0.25) is 0 Å². The third-order valence-corrected chi connectivity index (χ3v) is 3.73. The number of amides is 1. The Morgan fingerprint density at radius 3 is 2.50 bits per heavy atom. The van der Waals surface area contributed by atoms with Crippen molar-refractivity contribution in [2.75, 3.05) is 12.4 Å². The van der Waals surface area contributed by atoms with Gasteiger partial charge in [0.25, 0.3) is 11.6 Å². The van der Waals surface area contributed by atoms with E-state index in [2.05, 4.69) is 20.2 Å². The van der Waals surface area contributed by atoms with Gasteiger partial charge in [-0.25, -0.2) is 9.78 Å². The molecule has 2 aromatic rings. The second-order valence-electron chi connectivity index (χ2n) is 4.60. The second-order valence-corrected chi connectivity index (χ2v) is 5.46. The fraction of sp³-hybridized carbons (Fsp3) is 0.125. The third-order valence-electron chi connectivity index (χ3n) is 2.92. The number of nitriles is 2. The van der Waals surface area contributed by atoms with Gasteiger partial charge in [0.15, 0.2) is 11.7 Å². The Morgan fingerprint density at radius 1 is 1.23 bits per heavy atom. The van der Waals surface area contributed by atoms with Crippen LogP contribution in [-0.4, -0.2) is 29.7 Å². The van der Waals surface area contributed by atoms with Crippen LogP contribution in [0.1, 0.15) is 26.4 Å². The molecule has 10 heteroatoms. The highest BCUT2D eigenvalue weighted by molar-refractivity contribution is 7.13. The van der Waals surface area contributed by atoms with Crippen molar-refractivity contribution >= 4 is 34.1 Å². The van der Waals surface area contributed by atoms with Crippen LogP contribution < -0.4 is 5.32 Å². The van der Waals surface area contributed by atoms with Gasteiger partial charge in [0.1, 0.15) is 12.1 Å². The van der Waals surface area contributed by atoms with Crippen molar-refractivity contribution in [2.45, 2.75) is 6.61 Å².